The van der Waals surface area contributed by atoms with Gasteiger partial charge in [-0.15, -0.1) is 0 Å². The summed E-state index contributed by atoms with van der Waals surface area (Å²) in [5, 5.41) is 12.3. The molecule has 2 rings (SSSR count). The van der Waals surface area contributed by atoms with Crippen molar-refractivity contribution in [2.45, 2.75) is 31.8 Å². The molecule has 0 aromatic heterocycles. The lowest BCUT2D eigenvalue weighted by Gasteiger charge is -2.23. The molecule has 1 aromatic rings. The first-order valence-electron chi connectivity index (χ1n) is 6.51. The Morgan fingerprint density at radius 2 is 2.20 bits per heavy atom. The van der Waals surface area contributed by atoms with Crippen LogP contribution in [0.1, 0.15) is 31.4 Å². The molecule has 0 radical (unpaired) electrons. The third-order valence-electron chi connectivity index (χ3n) is 3.24. The van der Waals surface area contributed by atoms with Gasteiger partial charge in [-0.1, -0.05) is 23.7 Å². The Balaban J connectivity index is 2.00. The van der Waals surface area contributed by atoms with Crippen molar-refractivity contribution in [2.24, 2.45) is 0 Å². The number of rotatable bonds is 5. The van der Waals surface area contributed by atoms with E-state index in [2.05, 4.69) is 5.32 Å². The van der Waals surface area contributed by atoms with E-state index in [1.54, 1.807) is 12.1 Å². The maximum Gasteiger partial charge on any atom is 0.323 e. The summed E-state index contributed by atoms with van der Waals surface area (Å²) in [6.45, 7) is 1.58. The summed E-state index contributed by atoms with van der Waals surface area (Å²) in [6, 6.07) is 6.72. The van der Waals surface area contributed by atoms with Gasteiger partial charge in [0.15, 0.2) is 0 Å². The van der Waals surface area contributed by atoms with Crippen molar-refractivity contribution < 1.29 is 14.7 Å². The van der Waals surface area contributed by atoms with Crippen LogP contribution in [0.5, 0.6) is 0 Å². The highest BCUT2D eigenvalue weighted by atomic mass is 35.5. The number of aliphatic carboxylic acids is 1. The Bertz CT molecular complexity index is 517. The predicted octanol–water partition coefficient (Wildman–Crippen LogP) is 2.66. The number of carbonyl (C=O) groups excluding carboxylic acids is 1. The van der Waals surface area contributed by atoms with Gasteiger partial charge in [0, 0.05) is 11.1 Å². The van der Waals surface area contributed by atoms with Crippen LogP contribution in [0.4, 0.5) is 4.79 Å². The quantitative estimate of drug-likeness (QED) is 0.877. The van der Waals surface area contributed by atoms with E-state index in [9.17, 15) is 9.59 Å². The standard InChI is InChI=1S/C14H17ClN2O3/c1-9(10-3-2-4-11(15)7-10)16-14(20)17(8-13(18)19)12-5-6-12/h2-4,7,9,12H,5-6,8H2,1H3,(H,16,20)(H,18,19). The number of carboxylic acids is 1. The topological polar surface area (TPSA) is 69.6 Å². The molecule has 1 atom stereocenters. The minimum absolute atomic E-state index is 0.0534. The zero-order valence-electron chi connectivity index (χ0n) is 11.2. The molecule has 0 aliphatic heterocycles. The van der Waals surface area contributed by atoms with E-state index in [0.29, 0.717) is 5.02 Å². The molecule has 0 heterocycles. The van der Waals surface area contributed by atoms with E-state index in [1.165, 1.54) is 4.90 Å². The molecule has 1 unspecified atom stereocenters. The van der Waals surface area contributed by atoms with Crippen LogP contribution >= 0.6 is 11.6 Å². The molecular weight excluding hydrogens is 280 g/mol. The monoisotopic (exact) mass is 296 g/mol. The fraction of sp³-hybridized carbons (Fsp3) is 0.429. The highest BCUT2D eigenvalue weighted by Gasteiger charge is 2.34. The molecule has 1 aliphatic carbocycles. The van der Waals surface area contributed by atoms with Crippen molar-refractivity contribution in [1.29, 1.82) is 0 Å². The predicted molar refractivity (Wildman–Crippen MR) is 75.8 cm³/mol. The van der Waals surface area contributed by atoms with E-state index >= 15 is 0 Å². The molecule has 6 heteroatoms. The second kappa shape index (κ2) is 6.13. The lowest BCUT2D eigenvalue weighted by molar-refractivity contribution is -0.137. The molecule has 0 saturated heterocycles. The first-order valence-corrected chi connectivity index (χ1v) is 6.89. The van der Waals surface area contributed by atoms with Crippen LogP contribution in [0.25, 0.3) is 0 Å². The molecule has 1 saturated carbocycles. The van der Waals surface area contributed by atoms with Crippen molar-refractivity contribution in [3.8, 4) is 0 Å². The van der Waals surface area contributed by atoms with E-state index in [4.69, 9.17) is 16.7 Å². The molecule has 0 bridgehead atoms. The van der Waals surface area contributed by atoms with Gasteiger partial charge >= 0.3 is 12.0 Å². The van der Waals surface area contributed by atoms with E-state index in [-0.39, 0.29) is 24.7 Å². The van der Waals surface area contributed by atoms with Crippen molar-refractivity contribution in [3.63, 3.8) is 0 Å². The Morgan fingerprint density at radius 3 is 2.75 bits per heavy atom. The lowest BCUT2D eigenvalue weighted by Crippen LogP contribution is -2.44. The molecule has 5 nitrogen and oxygen atoms in total. The zero-order chi connectivity index (χ0) is 14.7. The Hall–Kier alpha value is -1.75. The first kappa shape index (κ1) is 14.7. The number of nitrogens with one attached hydrogen (secondary N) is 1. The number of carboxylic acid groups (broad SMARTS) is 1. The number of hydrogen-bond acceptors (Lipinski definition) is 2. The number of carbonyl (C=O) groups is 2. The smallest absolute Gasteiger partial charge is 0.323 e. The minimum atomic E-state index is -0.998. The normalized spacial score (nSPS) is 15.5. The van der Waals surface area contributed by atoms with Crippen LogP contribution in [0.3, 0.4) is 0 Å². The third-order valence-corrected chi connectivity index (χ3v) is 3.48. The van der Waals surface area contributed by atoms with E-state index in [1.807, 2.05) is 19.1 Å². The van der Waals surface area contributed by atoms with Gasteiger partial charge in [-0.25, -0.2) is 4.79 Å². The molecule has 20 heavy (non-hydrogen) atoms. The lowest BCUT2D eigenvalue weighted by atomic mass is 10.1. The highest BCUT2D eigenvalue weighted by molar-refractivity contribution is 6.30. The van der Waals surface area contributed by atoms with Gasteiger partial charge in [0.1, 0.15) is 6.54 Å². The van der Waals surface area contributed by atoms with Crippen molar-refractivity contribution in [1.82, 2.24) is 10.2 Å². The van der Waals surface area contributed by atoms with Crippen LogP contribution in [0.2, 0.25) is 5.02 Å². The van der Waals surface area contributed by atoms with Crippen molar-refractivity contribution in [3.05, 3.63) is 34.9 Å². The average molecular weight is 297 g/mol. The summed E-state index contributed by atoms with van der Waals surface area (Å²) in [5.41, 5.74) is 0.886. The Labute approximate surface area is 122 Å². The summed E-state index contributed by atoms with van der Waals surface area (Å²) in [4.78, 5) is 24.3. The van der Waals surface area contributed by atoms with Gasteiger partial charge in [-0.2, -0.15) is 0 Å². The van der Waals surface area contributed by atoms with Gasteiger partial charge in [0.25, 0.3) is 0 Å². The second-order valence-electron chi connectivity index (χ2n) is 4.98. The van der Waals surface area contributed by atoms with Gasteiger partial charge in [0.2, 0.25) is 0 Å². The second-order valence-corrected chi connectivity index (χ2v) is 5.42. The maximum atomic E-state index is 12.1. The average Bonchev–Trinajstić information content (AvgIpc) is 3.19. The number of nitrogens with zero attached hydrogens (tertiary/aromatic N) is 1. The maximum absolute atomic E-state index is 12.1. The summed E-state index contributed by atoms with van der Waals surface area (Å²) in [6.07, 6.45) is 1.73. The third kappa shape index (κ3) is 3.87. The molecule has 1 fully saturated rings. The molecule has 1 aromatic carbocycles. The van der Waals surface area contributed by atoms with Crippen molar-refractivity contribution >= 4 is 23.6 Å². The number of halogens is 1. The number of amides is 2. The fourth-order valence-electron chi connectivity index (χ4n) is 2.03. The summed E-state index contributed by atoms with van der Waals surface area (Å²) in [5.74, 6) is -0.998. The van der Waals surface area contributed by atoms with Crippen LogP contribution in [0, 0.1) is 0 Å². The van der Waals surface area contributed by atoms with Gasteiger partial charge < -0.3 is 15.3 Å². The Kier molecular flexibility index (Phi) is 4.49. The first-order chi connectivity index (χ1) is 9.47. The fourth-order valence-corrected chi connectivity index (χ4v) is 2.22. The van der Waals surface area contributed by atoms with Gasteiger partial charge in [-0.3, -0.25) is 4.79 Å². The van der Waals surface area contributed by atoms with Crippen LogP contribution in [0.15, 0.2) is 24.3 Å². The summed E-state index contributed by atoms with van der Waals surface area (Å²) < 4.78 is 0. The van der Waals surface area contributed by atoms with Crippen LogP contribution in [-0.4, -0.2) is 34.6 Å². The zero-order valence-corrected chi connectivity index (χ0v) is 11.9. The minimum Gasteiger partial charge on any atom is -0.480 e. The van der Waals surface area contributed by atoms with Crippen LogP contribution in [-0.2, 0) is 4.79 Å². The highest BCUT2D eigenvalue weighted by Crippen LogP contribution is 2.27. The molecular formula is C14H17ClN2O3. The Morgan fingerprint density at radius 1 is 1.50 bits per heavy atom. The number of urea groups is 1. The van der Waals surface area contributed by atoms with Crippen molar-refractivity contribution in [2.75, 3.05) is 6.54 Å². The summed E-state index contributed by atoms with van der Waals surface area (Å²) >= 11 is 5.92. The molecule has 0 spiro atoms. The van der Waals surface area contributed by atoms with E-state index in [0.717, 1.165) is 18.4 Å². The molecule has 2 amide bonds. The van der Waals surface area contributed by atoms with E-state index < -0.39 is 5.97 Å². The summed E-state index contributed by atoms with van der Waals surface area (Å²) in [7, 11) is 0. The number of benzene rings is 1. The SMILES string of the molecule is CC(NC(=O)N(CC(=O)O)C1CC1)c1cccc(Cl)c1. The molecule has 108 valence electrons. The number of hydrogen-bond donors (Lipinski definition) is 2. The molecule has 2 N–H and O–H groups in total. The largest absolute Gasteiger partial charge is 0.480 e. The van der Waals surface area contributed by atoms with Gasteiger partial charge in [-0.05, 0) is 37.5 Å². The molecule has 1 aliphatic rings. The van der Waals surface area contributed by atoms with Gasteiger partial charge in [0.05, 0.1) is 6.04 Å². The van der Waals surface area contributed by atoms with Crippen LogP contribution < -0.4 is 5.32 Å².